The maximum Gasteiger partial charge on any atom is 0.145 e. The highest BCUT2D eigenvalue weighted by atomic mass is 35.5. The van der Waals surface area contributed by atoms with Gasteiger partial charge in [0.2, 0.25) is 0 Å². The quantitative estimate of drug-likeness (QED) is 0.483. The first-order valence-corrected chi connectivity index (χ1v) is 9.81. The Balaban J connectivity index is 1.55. The molecule has 1 aromatic carbocycles. The molecule has 132 valence electrons. The van der Waals surface area contributed by atoms with Crippen molar-refractivity contribution < 1.29 is 8.78 Å². The summed E-state index contributed by atoms with van der Waals surface area (Å²) < 4.78 is 27.4. The predicted octanol–water partition coefficient (Wildman–Crippen LogP) is 7.45. The van der Waals surface area contributed by atoms with Crippen LogP contribution < -0.4 is 0 Å². The molecule has 0 spiro atoms. The Morgan fingerprint density at radius 3 is 1.83 bits per heavy atom. The zero-order valence-electron chi connectivity index (χ0n) is 13.8. The molecule has 0 unspecified atom stereocenters. The van der Waals surface area contributed by atoms with Gasteiger partial charge in [-0.2, -0.15) is 0 Å². The van der Waals surface area contributed by atoms with E-state index in [0.717, 1.165) is 43.1 Å². The molecule has 0 amide bonds. The van der Waals surface area contributed by atoms with Crippen LogP contribution in [0.5, 0.6) is 0 Å². The Kier molecular flexibility index (Phi) is 6.21. The molecule has 1 aromatic rings. The fraction of sp³-hybridized carbons (Fsp3) is 0.600. The second-order valence-corrected chi connectivity index (χ2v) is 8.03. The molecule has 0 radical (unpaired) electrons. The lowest BCUT2D eigenvalue weighted by molar-refractivity contribution is 0.171. The van der Waals surface area contributed by atoms with Crippen LogP contribution in [-0.4, -0.2) is 0 Å². The molecule has 0 heterocycles. The smallest absolute Gasteiger partial charge is 0.145 e. The highest BCUT2D eigenvalue weighted by molar-refractivity contribution is 6.30. The largest absolute Gasteiger partial charge is 0.205 e. The van der Waals surface area contributed by atoms with Crippen molar-refractivity contribution in [3.05, 3.63) is 46.0 Å². The maximum atomic E-state index is 13.7. The number of benzene rings is 1. The second-order valence-electron chi connectivity index (χ2n) is 7.40. The first kappa shape index (κ1) is 18.2. The van der Waals surface area contributed by atoms with Gasteiger partial charge >= 0.3 is 0 Å². The van der Waals surface area contributed by atoms with Crippen LogP contribution in [0.3, 0.4) is 0 Å². The summed E-state index contributed by atoms with van der Waals surface area (Å²) >= 11 is 11.3. The van der Waals surface area contributed by atoms with Crippen molar-refractivity contribution in [2.24, 2.45) is 17.8 Å². The molecule has 0 saturated heterocycles. The Hall–Kier alpha value is -0.600. The molecule has 0 N–H and O–H groups in total. The summed E-state index contributed by atoms with van der Waals surface area (Å²) in [7, 11) is 0. The van der Waals surface area contributed by atoms with Gasteiger partial charge < -0.3 is 0 Å². The fourth-order valence-electron chi connectivity index (χ4n) is 4.65. The Bertz CT molecular complexity index is 560. The summed E-state index contributed by atoms with van der Waals surface area (Å²) in [6.45, 7) is 0. The number of halogens is 4. The Morgan fingerprint density at radius 2 is 1.33 bits per heavy atom. The molecule has 0 atom stereocenters. The predicted molar refractivity (Wildman–Crippen MR) is 96.5 cm³/mol. The molecule has 0 bridgehead atoms. The minimum atomic E-state index is -0.639. The van der Waals surface area contributed by atoms with E-state index in [1.54, 1.807) is 5.54 Å². The van der Waals surface area contributed by atoms with Crippen LogP contribution in [0.1, 0.15) is 62.8 Å². The van der Waals surface area contributed by atoms with Crippen LogP contribution in [0.4, 0.5) is 8.78 Å². The molecule has 3 rings (SSSR count). The first-order valence-electron chi connectivity index (χ1n) is 8.99. The van der Waals surface area contributed by atoms with Crippen LogP contribution in [0.25, 0.3) is 0 Å². The third-order valence-corrected chi connectivity index (χ3v) is 6.58. The average molecular weight is 373 g/mol. The van der Waals surface area contributed by atoms with E-state index in [2.05, 4.69) is 6.08 Å². The van der Waals surface area contributed by atoms with Gasteiger partial charge in [0.05, 0.1) is 0 Å². The van der Waals surface area contributed by atoms with E-state index < -0.39 is 16.7 Å². The molecular formula is C20H24Cl2F2. The second kappa shape index (κ2) is 8.19. The van der Waals surface area contributed by atoms with Gasteiger partial charge in [-0.25, -0.2) is 8.78 Å². The van der Waals surface area contributed by atoms with Gasteiger partial charge in [-0.1, -0.05) is 29.3 Å². The van der Waals surface area contributed by atoms with E-state index in [4.69, 9.17) is 23.2 Å². The Morgan fingerprint density at radius 1 is 0.833 bits per heavy atom. The fourth-order valence-corrected chi connectivity index (χ4v) is 4.96. The minimum Gasteiger partial charge on any atom is -0.205 e. The summed E-state index contributed by atoms with van der Waals surface area (Å²) in [5.41, 5.74) is 2.42. The van der Waals surface area contributed by atoms with Gasteiger partial charge in [0, 0.05) is 5.54 Å². The third kappa shape index (κ3) is 4.14. The highest BCUT2D eigenvalue weighted by Gasteiger charge is 2.31. The van der Waals surface area contributed by atoms with Crippen molar-refractivity contribution in [2.45, 2.75) is 57.3 Å². The van der Waals surface area contributed by atoms with Gasteiger partial charge in [-0.05, 0) is 92.7 Å². The van der Waals surface area contributed by atoms with Crippen molar-refractivity contribution in [1.82, 2.24) is 0 Å². The van der Waals surface area contributed by atoms with Crippen LogP contribution in [-0.2, 0) is 0 Å². The van der Waals surface area contributed by atoms with Gasteiger partial charge in [0.1, 0.15) is 16.7 Å². The van der Waals surface area contributed by atoms with Gasteiger partial charge in [0.25, 0.3) is 0 Å². The molecule has 2 aliphatic rings. The summed E-state index contributed by atoms with van der Waals surface area (Å²) in [5.74, 6) is 1.21. The van der Waals surface area contributed by atoms with Crippen molar-refractivity contribution in [3.63, 3.8) is 0 Å². The number of allylic oxidation sites excluding steroid dienone is 1. The number of hydrogen-bond donors (Lipinski definition) is 0. The Labute approximate surface area is 153 Å². The van der Waals surface area contributed by atoms with E-state index in [-0.39, 0.29) is 5.92 Å². The van der Waals surface area contributed by atoms with Gasteiger partial charge in [-0.15, -0.1) is 0 Å². The topological polar surface area (TPSA) is 0 Å². The summed E-state index contributed by atoms with van der Waals surface area (Å²) in [4.78, 5) is 0. The zero-order valence-corrected chi connectivity index (χ0v) is 15.3. The molecule has 2 fully saturated rings. The normalized spacial score (nSPS) is 31.5. The number of hydrogen-bond acceptors (Lipinski definition) is 0. The SMILES string of the molecule is Fc1cc(C2CCC([C@H]3CC[C@H](/C=C/Cl)CC3)CC2)cc(F)c1Cl. The van der Waals surface area contributed by atoms with E-state index in [0.29, 0.717) is 5.92 Å². The van der Waals surface area contributed by atoms with Crippen LogP contribution in [0.15, 0.2) is 23.7 Å². The monoisotopic (exact) mass is 372 g/mol. The average Bonchev–Trinajstić information content (AvgIpc) is 2.60. The molecule has 4 heteroatoms. The molecular weight excluding hydrogens is 349 g/mol. The minimum absolute atomic E-state index is 0.262. The summed E-state index contributed by atoms with van der Waals surface area (Å²) in [6, 6.07) is 2.83. The van der Waals surface area contributed by atoms with Crippen molar-refractivity contribution in [3.8, 4) is 0 Å². The van der Waals surface area contributed by atoms with Crippen LogP contribution in [0, 0.1) is 29.4 Å². The van der Waals surface area contributed by atoms with Crippen molar-refractivity contribution in [2.75, 3.05) is 0 Å². The standard InChI is InChI=1S/C20H24Cl2F2/c21-10-9-13-1-3-14(4-2-13)15-5-7-16(8-6-15)17-11-18(23)20(22)19(24)12-17/h9-16H,1-8H2/b10-9+/t13-,14-,15?,16?. The third-order valence-electron chi connectivity index (χ3n) is 6.08. The lowest BCUT2D eigenvalue weighted by Gasteiger charge is -2.37. The molecule has 0 aliphatic heterocycles. The molecule has 2 saturated carbocycles. The van der Waals surface area contributed by atoms with Crippen molar-refractivity contribution >= 4 is 23.2 Å². The van der Waals surface area contributed by atoms with E-state index in [9.17, 15) is 8.78 Å². The van der Waals surface area contributed by atoms with E-state index >= 15 is 0 Å². The number of rotatable bonds is 3. The van der Waals surface area contributed by atoms with E-state index in [1.165, 1.54) is 37.8 Å². The molecule has 24 heavy (non-hydrogen) atoms. The molecule has 0 nitrogen and oxygen atoms in total. The maximum absolute atomic E-state index is 13.7. The van der Waals surface area contributed by atoms with Crippen LogP contribution >= 0.6 is 23.2 Å². The van der Waals surface area contributed by atoms with Crippen LogP contribution in [0.2, 0.25) is 5.02 Å². The molecule has 0 aromatic heterocycles. The highest BCUT2D eigenvalue weighted by Crippen LogP contribution is 2.44. The van der Waals surface area contributed by atoms with E-state index in [1.807, 2.05) is 0 Å². The molecule has 2 aliphatic carbocycles. The lowest BCUT2D eigenvalue weighted by atomic mass is 9.68. The zero-order chi connectivity index (χ0) is 17.1. The lowest BCUT2D eigenvalue weighted by Crippen LogP contribution is -2.25. The van der Waals surface area contributed by atoms with Gasteiger partial charge in [0.15, 0.2) is 0 Å². The summed E-state index contributed by atoms with van der Waals surface area (Å²) in [5, 5.41) is -0.393. The first-order chi connectivity index (χ1) is 11.6. The van der Waals surface area contributed by atoms with Gasteiger partial charge in [-0.3, -0.25) is 0 Å². The summed E-state index contributed by atoms with van der Waals surface area (Å²) in [6.07, 6.45) is 11.5. The van der Waals surface area contributed by atoms with Crippen molar-refractivity contribution in [1.29, 1.82) is 0 Å².